The fraction of sp³-hybridized carbons (Fsp3) is 0.923. The molecule has 4 nitrogen and oxygen atoms in total. The number of nitrogens with one attached hydrogen (secondary N) is 2. The first-order valence-corrected chi connectivity index (χ1v) is 6.89. The van der Waals surface area contributed by atoms with Crippen molar-refractivity contribution in [1.29, 1.82) is 0 Å². The van der Waals surface area contributed by atoms with Crippen molar-refractivity contribution in [2.75, 3.05) is 32.7 Å². The van der Waals surface area contributed by atoms with Crippen molar-refractivity contribution in [3.05, 3.63) is 0 Å². The molecule has 1 amide bonds. The summed E-state index contributed by atoms with van der Waals surface area (Å²) in [5, 5.41) is 6.35. The third-order valence-corrected chi connectivity index (χ3v) is 4.04. The van der Waals surface area contributed by atoms with Gasteiger partial charge in [0.15, 0.2) is 0 Å². The average molecular weight is 239 g/mol. The molecule has 0 spiro atoms. The summed E-state index contributed by atoms with van der Waals surface area (Å²) in [5.41, 5.74) is 0. The van der Waals surface area contributed by atoms with Gasteiger partial charge >= 0.3 is 0 Å². The number of hydrogen-bond donors (Lipinski definition) is 2. The van der Waals surface area contributed by atoms with Crippen LogP contribution < -0.4 is 10.6 Å². The first kappa shape index (κ1) is 12.8. The number of hydrogen-bond acceptors (Lipinski definition) is 3. The molecule has 0 radical (unpaired) electrons. The second-order valence-corrected chi connectivity index (χ2v) is 5.68. The lowest BCUT2D eigenvalue weighted by atomic mass is 10.1. The molecule has 2 unspecified atom stereocenters. The van der Waals surface area contributed by atoms with Crippen LogP contribution in [-0.2, 0) is 4.79 Å². The minimum Gasteiger partial charge on any atom is -0.355 e. The van der Waals surface area contributed by atoms with Crippen molar-refractivity contribution < 1.29 is 4.79 Å². The Bertz CT molecular complexity index is 261. The van der Waals surface area contributed by atoms with E-state index in [-0.39, 0.29) is 11.8 Å². The number of likely N-dealkylation sites (tertiary alicyclic amines) is 1. The Morgan fingerprint density at radius 3 is 2.88 bits per heavy atom. The zero-order chi connectivity index (χ0) is 12.3. The van der Waals surface area contributed by atoms with Gasteiger partial charge in [-0.05, 0) is 45.7 Å². The van der Waals surface area contributed by atoms with Gasteiger partial charge < -0.3 is 15.5 Å². The first-order valence-electron chi connectivity index (χ1n) is 6.89. The highest BCUT2D eigenvalue weighted by Crippen LogP contribution is 2.18. The maximum atomic E-state index is 11.9. The minimum absolute atomic E-state index is 0.206. The van der Waals surface area contributed by atoms with E-state index in [0.29, 0.717) is 12.0 Å². The van der Waals surface area contributed by atoms with Crippen molar-refractivity contribution in [3.63, 3.8) is 0 Å². The van der Waals surface area contributed by atoms with E-state index in [2.05, 4.69) is 29.4 Å². The molecule has 0 aliphatic carbocycles. The Kier molecular flexibility index (Phi) is 4.40. The molecule has 2 atom stereocenters. The Labute approximate surface area is 104 Å². The second kappa shape index (κ2) is 5.83. The third-order valence-electron chi connectivity index (χ3n) is 4.04. The highest BCUT2D eigenvalue weighted by atomic mass is 16.1. The molecular weight excluding hydrogens is 214 g/mol. The molecule has 2 saturated heterocycles. The molecule has 2 aliphatic rings. The van der Waals surface area contributed by atoms with Crippen molar-refractivity contribution in [2.24, 2.45) is 11.8 Å². The summed E-state index contributed by atoms with van der Waals surface area (Å²) in [4.78, 5) is 14.3. The van der Waals surface area contributed by atoms with Crippen LogP contribution >= 0.6 is 0 Å². The Hall–Kier alpha value is -0.610. The van der Waals surface area contributed by atoms with Gasteiger partial charge in [-0.3, -0.25) is 4.79 Å². The topological polar surface area (TPSA) is 44.4 Å². The highest BCUT2D eigenvalue weighted by Gasteiger charge is 2.26. The summed E-state index contributed by atoms with van der Waals surface area (Å²) in [6.07, 6.45) is 2.22. The zero-order valence-electron chi connectivity index (χ0n) is 11.0. The Morgan fingerprint density at radius 2 is 2.29 bits per heavy atom. The van der Waals surface area contributed by atoms with Crippen LogP contribution in [-0.4, -0.2) is 49.6 Å². The van der Waals surface area contributed by atoms with Gasteiger partial charge in [-0.15, -0.1) is 0 Å². The van der Waals surface area contributed by atoms with Crippen LogP contribution in [0.1, 0.15) is 26.7 Å². The smallest absolute Gasteiger partial charge is 0.224 e. The molecule has 0 saturated carbocycles. The Morgan fingerprint density at radius 1 is 1.47 bits per heavy atom. The summed E-state index contributed by atoms with van der Waals surface area (Å²) in [5.74, 6) is 1.10. The number of nitrogens with zero attached hydrogens (tertiary/aromatic N) is 1. The van der Waals surface area contributed by atoms with Crippen LogP contribution in [0, 0.1) is 11.8 Å². The van der Waals surface area contributed by atoms with Crippen molar-refractivity contribution >= 4 is 5.91 Å². The molecule has 0 bridgehead atoms. The predicted molar refractivity (Wildman–Crippen MR) is 68.8 cm³/mol. The molecular formula is C13H25N3O. The molecule has 2 fully saturated rings. The van der Waals surface area contributed by atoms with Crippen LogP contribution in [0.2, 0.25) is 0 Å². The second-order valence-electron chi connectivity index (χ2n) is 5.68. The quantitative estimate of drug-likeness (QED) is 0.748. The molecule has 98 valence electrons. The van der Waals surface area contributed by atoms with Gasteiger partial charge in [0.25, 0.3) is 0 Å². The van der Waals surface area contributed by atoms with Crippen LogP contribution in [0.3, 0.4) is 0 Å². The van der Waals surface area contributed by atoms with E-state index < -0.39 is 0 Å². The average Bonchev–Trinajstić information content (AvgIpc) is 2.97. The van der Waals surface area contributed by atoms with Crippen molar-refractivity contribution in [1.82, 2.24) is 15.5 Å². The molecule has 17 heavy (non-hydrogen) atoms. The predicted octanol–water partition coefficient (Wildman–Crippen LogP) is 0.442. The lowest BCUT2D eigenvalue weighted by Crippen LogP contribution is -2.36. The summed E-state index contributed by atoms with van der Waals surface area (Å²) in [7, 11) is 0. The van der Waals surface area contributed by atoms with Crippen molar-refractivity contribution in [2.45, 2.75) is 32.7 Å². The van der Waals surface area contributed by atoms with Crippen LogP contribution in [0.15, 0.2) is 0 Å². The van der Waals surface area contributed by atoms with Crippen LogP contribution in [0.4, 0.5) is 0 Å². The minimum atomic E-state index is 0.206. The SMILES string of the molecule is CC(C)N1CCC(CNC(=O)C2CCNC2)C1. The van der Waals surface area contributed by atoms with E-state index in [1.807, 2.05) is 0 Å². The van der Waals surface area contributed by atoms with Gasteiger partial charge in [0.1, 0.15) is 0 Å². The normalized spacial score (nSPS) is 30.1. The number of carbonyl (C=O) groups is 1. The molecule has 2 rings (SSSR count). The molecule has 2 aliphatic heterocycles. The van der Waals surface area contributed by atoms with Gasteiger partial charge in [0, 0.05) is 25.7 Å². The lowest BCUT2D eigenvalue weighted by molar-refractivity contribution is -0.124. The zero-order valence-corrected chi connectivity index (χ0v) is 11.0. The standard InChI is InChI=1S/C13H25N3O/c1-10(2)16-6-4-11(9-16)7-15-13(17)12-3-5-14-8-12/h10-12,14H,3-9H2,1-2H3,(H,15,17). The number of amides is 1. The summed E-state index contributed by atoms with van der Waals surface area (Å²) in [6.45, 7) is 9.51. The maximum Gasteiger partial charge on any atom is 0.224 e. The molecule has 0 aromatic rings. The van der Waals surface area contributed by atoms with E-state index in [4.69, 9.17) is 0 Å². The summed E-state index contributed by atoms with van der Waals surface area (Å²) >= 11 is 0. The molecule has 4 heteroatoms. The van der Waals surface area contributed by atoms with E-state index in [9.17, 15) is 4.79 Å². The van der Waals surface area contributed by atoms with Gasteiger partial charge in [-0.1, -0.05) is 0 Å². The van der Waals surface area contributed by atoms with E-state index in [1.165, 1.54) is 13.0 Å². The molecule has 2 N–H and O–H groups in total. The van der Waals surface area contributed by atoms with Crippen molar-refractivity contribution in [3.8, 4) is 0 Å². The fourth-order valence-corrected chi connectivity index (χ4v) is 2.77. The summed E-state index contributed by atoms with van der Waals surface area (Å²) < 4.78 is 0. The van der Waals surface area contributed by atoms with E-state index >= 15 is 0 Å². The maximum absolute atomic E-state index is 11.9. The van der Waals surface area contributed by atoms with Gasteiger partial charge in [0.2, 0.25) is 5.91 Å². The lowest BCUT2D eigenvalue weighted by Gasteiger charge is -2.20. The molecule has 0 aromatic heterocycles. The molecule has 0 aromatic carbocycles. The van der Waals surface area contributed by atoms with Gasteiger partial charge in [-0.2, -0.15) is 0 Å². The summed E-state index contributed by atoms with van der Waals surface area (Å²) in [6, 6.07) is 0.634. The first-order chi connectivity index (χ1) is 8.16. The van der Waals surface area contributed by atoms with Crippen LogP contribution in [0.5, 0.6) is 0 Å². The monoisotopic (exact) mass is 239 g/mol. The third kappa shape index (κ3) is 3.42. The van der Waals surface area contributed by atoms with E-state index in [1.54, 1.807) is 0 Å². The van der Waals surface area contributed by atoms with Gasteiger partial charge in [-0.25, -0.2) is 0 Å². The largest absolute Gasteiger partial charge is 0.355 e. The van der Waals surface area contributed by atoms with Gasteiger partial charge in [0.05, 0.1) is 5.92 Å². The number of rotatable bonds is 4. The Balaban J connectivity index is 1.67. The molecule has 2 heterocycles. The van der Waals surface area contributed by atoms with Crippen LogP contribution in [0.25, 0.3) is 0 Å². The fourth-order valence-electron chi connectivity index (χ4n) is 2.77. The number of carbonyl (C=O) groups excluding carboxylic acids is 1. The highest BCUT2D eigenvalue weighted by molar-refractivity contribution is 5.79. The van der Waals surface area contributed by atoms with E-state index in [0.717, 1.165) is 32.6 Å².